The summed E-state index contributed by atoms with van der Waals surface area (Å²) in [7, 11) is 0. The summed E-state index contributed by atoms with van der Waals surface area (Å²) in [6, 6.07) is 0. The van der Waals surface area contributed by atoms with E-state index in [-0.39, 0.29) is 0 Å². The summed E-state index contributed by atoms with van der Waals surface area (Å²) in [5.74, 6) is 0.842. The van der Waals surface area contributed by atoms with E-state index in [9.17, 15) is 0 Å². The number of likely N-dealkylation sites (N-methyl/N-ethyl adjacent to an activating group) is 1. The molecule has 5 heteroatoms. The van der Waals surface area contributed by atoms with E-state index in [1.165, 1.54) is 0 Å². The fourth-order valence-electron chi connectivity index (χ4n) is 1.49. The Kier molecular flexibility index (Phi) is 5.92. The van der Waals surface area contributed by atoms with Gasteiger partial charge in [-0.15, -0.1) is 0 Å². The Morgan fingerprint density at radius 3 is 2.38 bits per heavy atom. The third-order valence-electron chi connectivity index (χ3n) is 2.57. The molecule has 0 aliphatic rings. The van der Waals surface area contributed by atoms with E-state index in [2.05, 4.69) is 51.3 Å². The van der Waals surface area contributed by atoms with Crippen LogP contribution in [0.2, 0.25) is 5.15 Å². The van der Waals surface area contributed by atoms with Crippen LogP contribution in [0.3, 0.4) is 0 Å². The number of rotatable bonds is 5. The van der Waals surface area contributed by atoms with Gasteiger partial charge in [0.15, 0.2) is 0 Å². The molecule has 0 N–H and O–H groups in total. The molecule has 0 aliphatic carbocycles. The molecule has 0 saturated carbocycles. The monoisotopic (exact) mass is 353 g/mol. The second-order valence-electron chi connectivity index (χ2n) is 3.61. The number of hydrogen-bond acceptors (Lipinski definition) is 3. The van der Waals surface area contributed by atoms with Crippen LogP contribution in [0.5, 0.6) is 0 Å². The summed E-state index contributed by atoms with van der Waals surface area (Å²) >= 11 is 8.20. The summed E-state index contributed by atoms with van der Waals surface area (Å²) in [5, 5.41) is 0.572. The van der Waals surface area contributed by atoms with Crippen LogP contribution < -0.4 is 0 Å². The van der Waals surface area contributed by atoms with Crippen molar-refractivity contribution < 1.29 is 0 Å². The van der Waals surface area contributed by atoms with Crippen molar-refractivity contribution in [1.29, 1.82) is 0 Å². The Morgan fingerprint density at radius 2 is 1.88 bits per heavy atom. The average molecular weight is 354 g/mol. The minimum absolute atomic E-state index is 0.572. The smallest absolute Gasteiger partial charge is 0.146 e. The summed E-state index contributed by atoms with van der Waals surface area (Å²) in [6.45, 7) is 9.41. The molecule has 90 valence electrons. The highest BCUT2D eigenvalue weighted by atomic mass is 127. The lowest BCUT2D eigenvalue weighted by molar-refractivity contribution is 0.305. The first-order chi connectivity index (χ1) is 7.58. The molecule has 1 aromatic rings. The summed E-state index contributed by atoms with van der Waals surface area (Å²) in [5.41, 5.74) is 0.968. The Bertz CT molecular complexity index is 330. The van der Waals surface area contributed by atoms with E-state index in [4.69, 9.17) is 11.6 Å². The van der Waals surface area contributed by atoms with Gasteiger partial charge in [0.2, 0.25) is 0 Å². The van der Waals surface area contributed by atoms with Crippen molar-refractivity contribution in [2.45, 2.75) is 27.2 Å². The molecule has 3 nitrogen and oxygen atoms in total. The molecule has 1 aromatic heterocycles. The van der Waals surface area contributed by atoms with Crippen LogP contribution in [-0.4, -0.2) is 34.5 Å². The van der Waals surface area contributed by atoms with Crippen molar-refractivity contribution in [3.63, 3.8) is 0 Å². The lowest BCUT2D eigenvalue weighted by atomic mass is 10.3. The molecule has 0 aliphatic heterocycles. The molecule has 0 saturated heterocycles. The van der Waals surface area contributed by atoms with E-state index < -0.39 is 0 Å². The molecule has 0 fully saturated rings. The minimum Gasteiger partial charge on any atom is -0.303 e. The van der Waals surface area contributed by atoms with Crippen molar-refractivity contribution >= 4 is 34.2 Å². The fourth-order valence-corrected chi connectivity index (χ4v) is 1.96. The quantitative estimate of drug-likeness (QED) is 0.602. The zero-order valence-corrected chi connectivity index (χ0v) is 12.8. The van der Waals surface area contributed by atoms with Crippen LogP contribution in [-0.2, 0) is 6.42 Å². The Balaban J connectivity index is 2.68. The molecule has 1 rings (SSSR count). The Labute approximate surface area is 116 Å². The first kappa shape index (κ1) is 14.1. The SMILES string of the molecule is CCN(CC)CCc1nc(C)c(I)c(Cl)n1. The zero-order chi connectivity index (χ0) is 12.1. The van der Waals surface area contributed by atoms with E-state index in [0.717, 1.165) is 41.1 Å². The number of aryl methyl sites for hydroxylation is 1. The van der Waals surface area contributed by atoms with Gasteiger partial charge in [-0.3, -0.25) is 0 Å². The molecular weight excluding hydrogens is 336 g/mol. The van der Waals surface area contributed by atoms with Gasteiger partial charge in [-0.25, -0.2) is 9.97 Å². The number of halogens is 2. The summed E-state index contributed by atoms with van der Waals surface area (Å²) in [4.78, 5) is 11.1. The molecule has 0 atom stereocenters. The molecule has 1 heterocycles. The van der Waals surface area contributed by atoms with Crippen molar-refractivity contribution in [3.8, 4) is 0 Å². The van der Waals surface area contributed by atoms with E-state index in [0.29, 0.717) is 5.15 Å². The molecule has 16 heavy (non-hydrogen) atoms. The molecule has 0 bridgehead atoms. The minimum atomic E-state index is 0.572. The lowest BCUT2D eigenvalue weighted by Gasteiger charge is -2.17. The third-order valence-corrected chi connectivity index (χ3v) is 4.45. The Hall–Kier alpha value is 0.0600. The van der Waals surface area contributed by atoms with Crippen LogP contribution >= 0.6 is 34.2 Å². The predicted octanol–water partition coefficient (Wildman–Crippen LogP) is 2.93. The van der Waals surface area contributed by atoms with E-state index in [1.807, 2.05) is 6.92 Å². The van der Waals surface area contributed by atoms with Gasteiger partial charge in [0.1, 0.15) is 11.0 Å². The molecule has 0 amide bonds. The highest BCUT2D eigenvalue weighted by Crippen LogP contribution is 2.18. The van der Waals surface area contributed by atoms with Crippen molar-refractivity contribution in [1.82, 2.24) is 14.9 Å². The first-order valence-corrected chi connectivity index (χ1v) is 6.95. The van der Waals surface area contributed by atoms with Crippen LogP contribution in [0.1, 0.15) is 25.4 Å². The maximum Gasteiger partial charge on any atom is 0.146 e. The molecule has 0 aromatic carbocycles. The molecule has 0 radical (unpaired) electrons. The maximum absolute atomic E-state index is 6.03. The van der Waals surface area contributed by atoms with Crippen molar-refractivity contribution in [2.24, 2.45) is 0 Å². The maximum atomic E-state index is 6.03. The van der Waals surface area contributed by atoms with Crippen molar-refractivity contribution in [2.75, 3.05) is 19.6 Å². The number of hydrogen-bond donors (Lipinski definition) is 0. The van der Waals surface area contributed by atoms with Gasteiger partial charge in [0.05, 0.1) is 9.26 Å². The second kappa shape index (κ2) is 6.71. The van der Waals surface area contributed by atoms with Crippen LogP contribution in [0.4, 0.5) is 0 Å². The highest BCUT2D eigenvalue weighted by Gasteiger charge is 2.08. The van der Waals surface area contributed by atoms with Crippen LogP contribution in [0.25, 0.3) is 0 Å². The summed E-state index contributed by atoms with van der Waals surface area (Å²) in [6.07, 6.45) is 0.860. The number of aromatic nitrogens is 2. The van der Waals surface area contributed by atoms with Gasteiger partial charge >= 0.3 is 0 Å². The molecular formula is C11H17ClIN3. The topological polar surface area (TPSA) is 29.0 Å². The highest BCUT2D eigenvalue weighted by molar-refractivity contribution is 14.1. The van der Waals surface area contributed by atoms with Gasteiger partial charge in [-0.05, 0) is 42.6 Å². The van der Waals surface area contributed by atoms with Crippen LogP contribution in [0, 0.1) is 10.5 Å². The standard InChI is InChI=1S/C11H17ClIN3/c1-4-16(5-2)7-6-9-14-8(3)10(13)11(12)15-9/h4-7H2,1-3H3. The number of nitrogens with zero attached hydrogens (tertiary/aromatic N) is 3. The van der Waals surface area contributed by atoms with E-state index in [1.54, 1.807) is 0 Å². The predicted molar refractivity (Wildman–Crippen MR) is 76.0 cm³/mol. The summed E-state index contributed by atoms with van der Waals surface area (Å²) < 4.78 is 0.950. The van der Waals surface area contributed by atoms with Crippen molar-refractivity contribution in [3.05, 3.63) is 20.2 Å². The van der Waals surface area contributed by atoms with Crippen LogP contribution in [0.15, 0.2) is 0 Å². The molecule has 0 spiro atoms. The van der Waals surface area contributed by atoms with Gasteiger partial charge < -0.3 is 4.90 Å². The normalized spacial score (nSPS) is 11.1. The van der Waals surface area contributed by atoms with Gasteiger partial charge in [-0.1, -0.05) is 25.4 Å². The fraction of sp³-hybridized carbons (Fsp3) is 0.636. The zero-order valence-electron chi connectivity index (χ0n) is 9.93. The largest absolute Gasteiger partial charge is 0.303 e. The van der Waals surface area contributed by atoms with Gasteiger partial charge in [0, 0.05) is 13.0 Å². The third kappa shape index (κ3) is 3.82. The first-order valence-electron chi connectivity index (χ1n) is 5.49. The second-order valence-corrected chi connectivity index (χ2v) is 5.04. The Morgan fingerprint density at radius 1 is 1.25 bits per heavy atom. The lowest BCUT2D eigenvalue weighted by Crippen LogP contribution is -2.26. The van der Waals surface area contributed by atoms with Gasteiger partial charge in [-0.2, -0.15) is 0 Å². The van der Waals surface area contributed by atoms with E-state index >= 15 is 0 Å². The molecule has 0 unspecified atom stereocenters. The van der Waals surface area contributed by atoms with Gasteiger partial charge in [0.25, 0.3) is 0 Å². The average Bonchev–Trinajstić information content (AvgIpc) is 2.27.